The third kappa shape index (κ3) is 3.98. The maximum absolute atomic E-state index is 5.97. The van der Waals surface area contributed by atoms with Crippen LogP contribution in [0.1, 0.15) is 6.42 Å². The van der Waals surface area contributed by atoms with Crippen LogP contribution in [0.3, 0.4) is 0 Å². The molecule has 1 fully saturated rings. The van der Waals surface area contributed by atoms with E-state index in [1.54, 1.807) is 12.3 Å². The topological polar surface area (TPSA) is 104 Å². The molecule has 0 aliphatic carbocycles. The van der Waals surface area contributed by atoms with Gasteiger partial charge in [0.05, 0.1) is 26.4 Å². The van der Waals surface area contributed by atoms with E-state index in [-0.39, 0.29) is 18.1 Å². The number of aromatic nitrogens is 3. The molecular formula is C15H19N5O3. The Morgan fingerprint density at radius 1 is 1.30 bits per heavy atom. The van der Waals surface area contributed by atoms with E-state index in [0.29, 0.717) is 30.8 Å². The first-order valence-corrected chi connectivity index (χ1v) is 7.35. The number of nitrogens with one attached hydrogen (secondary N) is 1. The number of pyridine rings is 1. The van der Waals surface area contributed by atoms with Gasteiger partial charge in [-0.05, 0) is 6.07 Å². The Bertz CT molecular complexity index is 640. The van der Waals surface area contributed by atoms with Crippen LogP contribution in [0.25, 0.3) is 0 Å². The average Bonchev–Trinajstić information content (AvgIpc) is 2.57. The van der Waals surface area contributed by atoms with E-state index in [2.05, 4.69) is 20.3 Å². The van der Waals surface area contributed by atoms with Crippen LogP contribution in [0.15, 0.2) is 30.5 Å². The first-order valence-electron chi connectivity index (χ1n) is 7.35. The molecule has 8 nitrogen and oxygen atoms in total. The van der Waals surface area contributed by atoms with Crippen molar-refractivity contribution in [3.05, 3.63) is 30.5 Å². The second kappa shape index (κ2) is 7.10. The first kappa shape index (κ1) is 15.3. The van der Waals surface area contributed by atoms with E-state index in [9.17, 15) is 0 Å². The van der Waals surface area contributed by atoms with Crippen molar-refractivity contribution in [3.63, 3.8) is 0 Å². The molecule has 0 amide bonds. The van der Waals surface area contributed by atoms with Gasteiger partial charge in [-0.25, -0.2) is 4.98 Å². The molecule has 0 unspecified atom stereocenters. The van der Waals surface area contributed by atoms with Gasteiger partial charge in [0.15, 0.2) is 0 Å². The van der Waals surface area contributed by atoms with Gasteiger partial charge in [0.2, 0.25) is 17.7 Å². The standard InChI is InChI=1S/C15H19N5O3/c1-21-14-8-12(19-15(16)20-14)18-10-9-22-7-5-11(10)23-13-4-2-3-6-17-13/h2-4,6,8,10-11H,5,7,9H2,1H3,(H3,16,18,19,20)/t10-,11-/m1/s1. The summed E-state index contributed by atoms with van der Waals surface area (Å²) in [6.07, 6.45) is 2.37. The average molecular weight is 317 g/mol. The second-order valence-corrected chi connectivity index (χ2v) is 5.09. The Labute approximate surface area is 134 Å². The second-order valence-electron chi connectivity index (χ2n) is 5.09. The lowest BCUT2D eigenvalue weighted by Gasteiger charge is -2.32. The zero-order chi connectivity index (χ0) is 16.1. The number of hydrogen-bond donors (Lipinski definition) is 2. The Kier molecular flexibility index (Phi) is 4.72. The molecule has 1 aliphatic heterocycles. The van der Waals surface area contributed by atoms with Crippen molar-refractivity contribution in [2.24, 2.45) is 0 Å². The SMILES string of the molecule is COc1cc(N[C@@H]2COCC[C@H]2Oc2ccccn2)nc(N)n1. The molecule has 3 N–H and O–H groups in total. The third-order valence-electron chi connectivity index (χ3n) is 3.47. The predicted molar refractivity (Wildman–Crippen MR) is 84.5 cm³/mol. The number of anilines is 2. The Morgan fingerprint density at radius 3 is 3.00 bits per heavy atom. The van der Waals surface area contributed by atoms with E-state index >= 15 is 0 Å². The van der Waals surface area contributed by atoms with Crippen molar-refractivity contribution in [2.45, 2.75) is 18.6 Å². The summed E-state index contributed by atoms with van der Waals surface area (Å²) in [5, 5.41) is 3.28. The number of methoxy groups -OCH3 is 1. The van der Waals surface area contributed by atoms with Gasteiger partial charge >= 0.3 is 0 Å². The maximum Gasteiger partial charge on any atom is 0.225 e. The minimum atomic E-state index is -0.0826. The van der Waals surface area contributed by atoms with Crippen LogP contribution in [-0.4, -0.2) is 47.4 Å². The first-order chi connectivity index (χ1) is 11.2. The van der Waals surface area contributed by atoms with Gasteiger partial charge in [0.1, 0.15) is 11.9 Å². The van der Waals surface area contributed by atoms with E-state index in [1.165, 1.54) is 7.11 Å². The summed E-state index contributed by atoms with van der Waals surface area (Å²) < 4.78 is 16.6. The fraction of sp³-hybridized carbons (Fsp3) is 0.400. The van der Waals surface area contributed by atoms with Crippen molar-refractivity contribution in [2.75, 3.05) is 31.4 Å². The number of ether oxygens (including phenoxy) is 3. The largest absolute Gasteiger partial charge is 0.481 e. The number of rotatable bonds is 5. The molecular weight excluding hydrogens is 298 g/mol. The van der Waals surface area contributed by atoms with Crippen LogP contribution in [0.2, 0.25) is 0 Å². The van der Waals surface area contributed by atoms with Gasteiger partial charge < -0.3 is 25.3 Å². The quantitative estimate of drug-likeness (QED) is 0.845. The molecule has 3 rings (SSSR count). The van der Waals surface area contributed by atoms with Gasteiger partial charge in [0, 0.05) is 24.8 Å². The highest BCUT2D eigenvalue weighted by Gasteiger charge is 2.28. The monoisotopic (exact) mass is 317 g/mol. The van der Waals surface area contributed by atoms with Gasteiger partial charge in [-0.1, -0.05) is 6.07 Å². The summed E-state index contributed by atoms with van der Waals surface area (Å²) in [5.41, 5.74) is 5.68. The van der Waals surface area contributed by atoms with E-state index in [0.717, 1.165) is 6.42 Å². The van der Waals surface area contributed by atoms with Crippen LogP contribution in [0.5, 0.6) is 11.8 Å². The van der Waals surface area contributed by atoms with Crippen molar-refractivity contribution in [1.82, 2.24) is 15.0 Å². The summed E-state index contributed by atoms with van der Waals surface area (Å²) in [4.78, 5) is 12.3. The van der Waals surface area contributed by atoms with Crippen LogP contribution < -0.4 is 20.5 Å². The Morgan fingerprint density at radius 2 is 2.22 bits per heavy atom. The lowest BCUT2D eigenvalue weighted by atomic mass is 10.1. The molecule has 1 aliphatic rings. The molecule has 0 aromatic carbocycles. The van der Waals surface area contributed by atoms with Gasteiger partial charge in [0.25, 0.3) is 0 Å². The minimum Gasteiger partial charge on any atom is -0.481 e. The molecule has 8 heteroatoms. The van der Waals surface area contributed by atoms with Gasteiger partial charge in [-0.2, -0.15) is 9.97 Å². The molecule has 23 heavy (non-hydrogen) atoms. The lowest BCUT2D eigenvalue weighted by molar-refractivity contribution is 0.0129. The number of hydrogen-bond acceptors (Lipinski definition) is 8. The summed E-state index contributed by atoms with van der Waals surface area (Å²) >= 11 is 0. The third-order valence-corrected chi connectivity index (χ3v) is 3.47. The van der Waals surface area contributed by atoms with Gasteiger partial charge in [-0.15, -0.1) is 0 Å². The van der Waals surface area contributed by atoms with Crippen molar-refractivity contribution in [3.8, 4) is 11.8 Å². The maximum atomic E-state index is 5.97. The highest BCUT2D eigenvalue weighted by atomic mass is 16.5. The molecule has 0 saturated carbocycles. The molecule has 0 radical (unpaired) electrons. The molecule has 2 atom stereocenters. The predicted octanol–water partition coefficient (Wildman–Crippen LogP) is 1.11. The smallest absolute Gasteiger partial charge is 0.225 e. The summed E-state index contributed by atoms with van der Waals surface area (Å²) in [5.74, 6) is 1.70. The molecule has 0 spiro atoms. The molecule has 0 bridgehead atoms. The van der Waals surface area contributed by atoms with E-state index in [1.807, 2.05) is 18.2 Å². The van der Waals surface area contributed by atoms with Crippen LogP contribution in [-0.2, 0) is 4.74 Å². The van der Waals surface area contributed by atoms with Crippen LogP contribution in [0, 0.1) is 0 Å². The zero-order valence-electron chi connectivity index (χ0n) is 12.8. The van der Waals surface area contributed by atoms with Crippen molar-refractivity contribution < 1.29 is 14.2 Å². The van der Waals surface area contributed by atoms with Gasteiger partial charge in [-0.3, -0.25) is 0 Å². The molecule has 1 saturated heterocycles. The lowest BCUT2D eigenvalue weighted by Crippen LogP contribution is -2.46. The van der Waals surface area contributed by atoms with Crippen molar-refractivity contribution >= 4 is 11.8 Å². The van der Waals surface area contributed by atoms with E-state index < -0.39 is 0 Å². The van der Waals surface area contributed by atoms with E-state index in [4.69, 9.17) is 19.9 Å². The molecule has 3 heterocycles. The molecule has 122 valence electrons. The molecule has 2 aromatic rings. The van der Waals surface area contributed by atoms with Crippen LogP contribution >= 0.6 is 0 Å². The van der Waals surface area contributed by atoms with Crippen molar-refractivity contribution in [1.29, 1.82) is 0 Å². The van der Waals surface area contributed by atoms with Crippen LogP contribution in [0.4, 0.5) is 11.8 Å². The molecule has 2 aromatic heterocycles. The Hall–Kier alpha value is -2.61. The minimum absolute atomic E-state index is 0.0789. The fourth-order valence-corrected chi connectivity index (χ4v) is 2.38. The highest BCUT2D eigenvalue weighted by molar-refractivity contribution is 5.44. The normalized spacial score (nSPS) is 20.7. The summed E-state index contributed by atoms with van der Waals surface area (Å²) in [6, 6.07) is 7.17. The summed E-state index contributed by atoms with van der Waals surface area (Å²) in [7, 11) is 1.53. The highest BCUT2D eigenvalue weighted by Crippen LogP contribution is 2.21. The zero-order valence-corrected chi connectivity index (χ0v) is 12.8. The number of nitrogens with zero attached hydrogens (tertiary/aromatic N) is 3. The fourth-order valence-electron chi connectivity index (χ4n) is 2.38. The number of nitrogen functional groups attached to an aromatic ring is 1. The Balaban J connectivity index is 1.72. The summed E-state index contributed by atoms with van der Waals surface area (Å²) in [6.45, 7) is 1.15. The number of nitrogens with two attached hydrogens (primary N) is 1.